The average molecular weight is 1250 g/mol. The zero-order valence-corrected chi connectivity index (χ0v) is 56.1. The van der Waals surface area contributed by atoms with E-state index in [0.29, 0.717) is 0 Å². The van der Waals surface area contributed by atoms with Crippen LogP contribution >= 0.6 is 0 Å². The molecule has 4 aliphatic heterocycles. The molecule has 0 fully saturated rings. The molecule has 0 amide bonds. The molecule has 0 radical (unpaired) electrons. The van der Waals surface area contributed by atoms with Gasteiger partial charge in [-0.05, 0) is 163 Å². The molecule has 4 aliphatic rings. The molecule has 0 bridgehead atoms. The first-order valence-electron chi connectivity index (χ1n) is 35.4. The summed E-state index contributed by atoms with van der Waals surface area (Å²) in [6, 6.07) is 91.3. The average Bonchev–Trinajstić information content (AvgIpc) is 1.36. The maximum absolute atomic E-state index is 2.79. The number of nitrogens with zero attached hydrogens (tertiary/aromatic N) is 4. The second kappa shape index (κ2) is 17.2. The monoisotopic (exact) mass is 1250 g/mol. The van der Waals surface area contributed by atoms with E-state index >= 15 is 0 Å². The van der Waals surface area contributed by atoms with E-state index in [0.717, 1.165) is 6.42 Å². The Hall–Kier alpha value is -11.1. The fourth-order valence-electron chi connectivity index (χ4n) is 20.6. The van der Waals surface area contributed by atoms with Gasteiger partial charge in [0.05, 0.1) is 33.4 Å². The molecule has 0 saturated heterocycles. The van der Waals surface area contributed by atoms with Crippen LogP contribution in [0.3, 0.4) is 0 Å². The molecule has 20 aromatic rings. The van der Waals surface area contributed by atoms with Crippen LogP contribution in [-0.4, -0.2) is 31.8 Å². The first-order chi connectivity index (χ1) is 47.7. The minimum absolute atomic E-state index is 0.00269. The molecule has 6 heteroatoms. The standard InChI is InChI=1S/C92H64B2N4/c1-90(2,3)54-42-51-31-36-63-79-66(38-33-52(43-54)77(51)79)89-83-81(63)69-46-55(91(4,5)6)45-68-67-44-53(34-39-75(67)98(85(68)69)94(83)71-26-17-23-61-57-19-10-13-28-73(57)96(89)87(61)71)92(7,8)47-48-40-49-30-35-62-78-65(37-32-50(41-48)76(49)78)88-82-80(62)64-24-15-21-59-58-20-11-14-29-74(58)97(84(59)64)93(82)70-25-16-22-60-56-18-9-12-27-72(56)95(88)86(60)70/h9-46H,47H2,1-8H3. The Bertz CT molecular complexity index is 7170. The second-order valence-corrected chi connectivity index (χ2v) is 32.4. The van der Waals surface area contributed by atoms with Crippen LogP contribution in [0.4, 0.5) is 0 Å². The van der Waals surface area contributed by atoms with Crippen molar-refractivity contribution in [3.63, 3.8) is 0 Å². The number of fused-ring (bicyclic) bond motifs is 24. The Kier molecular flexibility index (Phi) is 9.31. The van der Waals surface area contributed by atoms with Crippen molar-refractivity contribution in [1.29, 1.82) is 0 Å². The van der Waals surface area contributed by atoms with Crippen LogP contribution in [0.1, 0.15) is 77.6 Å². The molecule has 4 nitrogen and oxygen atoms in total. The topological polar surface area (TPSA) is 19.7 Å². The van der Waals surface area contributed by atoms with E-state index in [9.17, 15) is 0 Å². The van der Waals surface area contributed by atoms with Gasteiger partial charge in [-0.25, -0.2) is 0 Å². The van der Waals surface area contributed by atoms with Crippen LogP contribution < -0.4 is 21.9 Å². The molecular weight excluding hydrogens is 1180 g/mol. The van der Waals surface area contributed by atoms with Gasteiger partial charge in [0, 0.05) is 97.8 Å². The van der Waals surface area contributed by atoms with Crippen LogP contribution in [0.5, 0.6) is 0 Å². The molecular formula is C92H64B2N4. The highest BCUT2D eigenvalue weighted by molar-refractivity contribution is 6.92. The Labute approximate surface area is 566 Å². The molecule has 0 N–H and O–H groups in total. The molecule has 4 aromatic heterocycles. The van der Waals surface area contributed by atoms with Gasteiger partial charge in [0.2, 0.25) is 0 Å². The van der Waals surface area contributed by atoms with Crippen molar-refractivity contribution in [1.82, 2.24) is 18.1 Å². The third-order valence-electron chi connectivity index (χ3n) is 24.7. The summed E-state index contributed by atoms with van der Waals surface area (Å²) < 4.78 is 10.8. The molecule has 98 heavy (non-hydrogen) atoms. The number of para-hydroxylation sites is 6. The predicted octanol–water partition coefficient (Wildman–Crippen LogP) is 20.9. The molecule has 8 heterocycles. The minimum Gasteiger partial charge on any atom is -0.375 e. The van der Waals surface area contributed by atoms with Crippen LogP contribution in [-0.2, 0) is 22.7 Å². The van der Waals surface area contributed by atoms with E-state index < -0.39 is 0 Å². The highest BCUT2D eigenvalue weighted by Crippen LogP contribution is 2.54. The number of aromatic nitrogens is 4. The van der Waals surface area contributed by atoms with Crippen molar-refractivity contribution in [2.45, 2.75) is 78.1 Å². The van der Waals surface area contributed by atoms with E-state index in [2.05, 4.69) is 304 Å². The van der Waals surface area contributed by atoms with E-state index in [-0.39, 0.29) is 29.9 Å². The van der Waals surface area contributed by atoms with Gasteiger partial charge in [-0.15, -0.1) is 0 Å². The number of benzene rings is 16. The molecule has 0 aliphatic carbocycles. The van der Waals surface area contributed by atoms with Gasteiger partial charge < -0.3 is 18.1 Å². The van der Waals surface area contributed by atoms with E-state index in [1.807, 2.05) is 0 Å². The van der Waals surface area contributed by atoms with Crippen molar-refractivity contribution in [2.75, 3.05) is 0 Å². The van der Waals surface area contributed by atoms with Crippen LogP contribution in [0.25, 0.3) is 185 Å². The lowest BCUT2D eigenvalue weighted by atomic mass is 9.45. The molecule has 0 spiro atoms. The second-order valence-electron chi connectivity index (χ2n) is 32.4. The smallest absolute Gasteiger partial charge is 0.333 e. The van der Waals surface area contributed by atoms with Crippen molar-refractivity contribution < 1.29 is 0 Å². The summed E-state index contributed by atoms with van der Waals surface area (Å²) >= 11 is 0. The fourth-order valence-corrected chi connectivity index (χ4v) is 20.6. The van der Waals surface area contributed by atoms with E-state index in [4.69, 9.17) is 0 Å². The van der Waals surface area contributed by atoms with Gasteiger partial charge in [0.1, 0.15) is 0 Å². The largest absolute Gasteiger partial charge is 0.375 e. The van der Waals surface area contributed by atoms with Crippen LogP contribution in [0.2, 0.25) is 0 Å². The summed E-state index contributed by atoms with van der Waals surface area (Å²) in [5.74, 6) is 0. The summed E-state index contributed by atoms with van der Waals surface area (Å²) in [5, 5.41) is 26.6. The summed E-state index contributed by atoms with van der Waals surface area (Å²) in [6.45, 7) is 19.2. The van der Waals surface area contributed by atoms with Crippen molar-refractivity contribution in [2.24, 2.45) is 0 Å². The van der Waals surface area contributed by atoms with E-state index in [1.165, 1.54) is 230 Å². The highest BCUT2D eigenvalue weighted by Gasteiger charge is 2.46. The van der Waals surface area contributed by atoms with Gasteiger partial charge in [0.25, 0.3) is 0 Å². The zero-order chi connectivity index (χ0) is 64.8. The Morgan fingerprint density at radius 1 is 0.296 bits per heavy atom. The fraction of sp³-hybridized carbons (Fsp3) is 0.130. The lowest BCUT2D eigenvalue weighted by Gasteiger charge is -2.36. The van der Waals surface area contributed by atoms with Crippen molar-refractivity contribution >= 4 is 187 Å². The van der Waals surface area contributed by atoms with Gasteiger partial charge in [-0.3, -0.25) is 0 Å². The number of hydrogen-bond acceptors (Lipinski definition) is 0. The molecule has 0 saturated carbocycles. The minimum atomic E-state index is -0.233. The van der Waals surface area contributed by atoms with Crippen LogP contribution in [0.15, 0.2) is 231 Å². The first kappa shape index (κ1) is 53.1. The Balaban J connectivity index is 0.721. The summed E-state index contributed by atoms with van der Waals surface area (Å²) in [5.41, 5.74) is 29.2. The van der Waals surface area contributed by atoms with Gasteiger partial charge in [-0.2, -0.15) is 0 Å². The van der Waals surface area contributed by atoms with E-state index in [1.54, 1.807) is 0 Å². The highest BCUT2D eigenvalue weighted by atomic mass is 15.0. The zero-order valence-electron chi connectivity index (χ0n) is 56.1. The van der Waals surface area contributed by atoms with Gasteiger partial charge in [-0.1, -0.05) is 243 Å². The lowest BCUT2D eigenvalue weighted by molar-refractivity contribution is 0.523. The van der Waals surface area contributed by atoms with Gasteiger partial charge in [0.15, 0.2) is 0 Å². The Morgan fingerprint density at radius 2 is 0.724 bits per heavy atom. The van der Waals surface area contributed by atoms with Gasteiger partial charge >= 0.3 is 13.7 Å². The third-order valence-corrected chi connectivity index (χ3v) is 24.7. The lowest BCUT2D eigenvalue weighted by Crippen LogP contribution is -2.55. The normalized spacial score (nSPS) is 14.1. The Morgan fingerprint density at radius 3 is 1.28 bits per heavy atom. The summed E-state index contributed by atoms with van der Waals surface area (Å²) in [7, 11) is 0. The quantitative estimate of drug-likeness (QED) is 0.124. The number of rotatable bonds is 3. The molecule has 458 valence electrons. The molecule has 0 atom stereocenters. The molecule has 24 rings (SSSR count). The summed E-state index contributed by atoms with van der Waals surface area (Å²) in [4.78, 5) is 0. The number of hydrogen-bond donors (Lipinski definition) is 0. The molecule has 16 aromatic carbocycles. The first-order valence-corrected chi connectivity index (χ1v) is 35.4. The predicted molar refractivity (Wildman–Crippen MR) is 421 cm³/mol. The SMILES string of the molecule is CC(C)(C)c1cc2ccc3c4c5c(c6ccc(c1)c2c36)-n1c2ccccc2c2cccc(c21)B5n1c2ccc(C(C)(C)Cc3cc5ccc6c7c8c(c9ccc(c3)c5c69)-n3c5ccccc5c5cccc(c53)B8n3c5ccccc5c5cccc-7c53)cc2c2cc(C(C)(C)C)cc-4c21. The third kappa shape index (κ3) is 6.15. The van der Waals surface area contributed by atoms with Crippen molar-refractivity contribution in [3.8, 4) is 33.6 Å². The maximum Gasteiger partial charge on any atom is 0.333 e. The van der Waals surface area contributed by atoms with Crippen LogP contribution in [0, 0.1) is 0 Å². The van der Waals surface area contributed by atoms with Crippen molar-refractivity contribution in [3.05, 3.63) is 253 Å². The summed E-state index contributed by atoms with van der Waals surface area (Å²) in [6.07, 6.45) is 0.880. The maximum atomic E-state index is 2.79. The molecule has 0 unspecified atom stereocenters.